The van der Waals surface area contributed by atoms with Gasteiger partial charge in [-0.25, -0.2) is 0 Å². The number of unbranched alkanes of at least 4 members (excludes halogenated alkanes) is 1. The van der Waals surface area contributed by atoms with Gasteiger partial charge in [0.2, 0.25) is 0 Å². The van der Waals surface area contributed by atoms with Gasteiger partial charge in [-0.05, 0) is 108 Å². The van der Waals surface area contributed by atoms with Crippen molar-refractivity contribution in [3.63, 3.8) is 0 Å². The molecule has 21 N–H and O–H groups in total. The number of ether oxygens (including phenoxy) is 16. The minimum atomic E-state index is -2.35. The third-order valence-corrected chi connectivity index (χ3v) is 31.4. The number of rotatable bonds is 29. The molecule has 0 aromatic rings. The van der Waals surface area contributed by atoms with E-state index in [-0.39, 0.29) is 136 Å². The second-order valence-electron chi connectivity index (χ2n) is 40.1. The van der Waals surface area contributed by atoms with Crippen LogP contribution in [0.5, 0.6) is 0 Å². The Balaban J connectivity index is 0.483. The van der Waals surface area contributed by atoms with Gasteiger partial charge in [-0.3, -0.25) is 0 Å². The average molecular weight is 2000 g/mol. The van der Waals surface area contributed by atoms with Crippen LogP contribution in [0, 0.1) is 53.8 Å². The van der Waals surface area contributed by atoms with E-state index in [0.717, 1.165) is 32.1 Å². The topological polar surface area (TPSA) is 558 Å². The summed E-state index contributed by atoms with van der Waals surface area (Å²) in [6.07, 6.45) is -25.0. The second kappa shape index (κ2) is 48.8. The number of terminal acetylenes is 1. The van der Waals surface area contributed by atoms with Crippen molar-refractivity contribution in [3.8, 4) is 47.9 Å². The highest BCUT2D eigenvalue weighted by molar-refractivity contribution is 6.25. The van der Waals surface area contributed by atoms with Gasteiger partial charge in [-0.1, -0.05) is 90.8 Å². The molecule has 0 bridgehead atoms. The maximum absolute atomic E-state index is 12.1. The van der Waals surface area contributed by atoms with E-state index in [4.69, 9.17) is 123 Å². The molecule has 0 aromatic heterocycles. The van der Waals surface area contributed by atoms with Crippen molar-refractivity contribution in [1.29, 1.82) is 0 Å². The average Bonchev–Trinajstić information content (AvgIpc) is 1.25. The number of alkyl halides is 2. The van der Waals surface area contributed by atoms with Gasteiger partial charge in [-0.2, -0.15) is 0 Å². The lowest BCUT2D eigenvalue weighted by molar-refractivity contribution is -0.344. The quantitative estimate of drug-likeness (QED) is 0.0183. The van der Waals surface area contributed by atoms with Crippen LogP contribution < -0.4 is 5.73 Å². The molecule has 15 aliphatic heterocycles. The molecule has 0 spiro atoms. The fourth-order valence-electron chi connectivity index (χ4n) is 23.0. The van der Waals surface area contributed by atoms with E-state index in [2.05, 4.69) is 60.7 Å². The summed E-state index contributed by atoms with van der Waals surface area (Å²) in [5, 5.41) is 213. The Morgan fingerprint density at radius 3 is 1.65 bits per heavy atom. The maximum atomic E-state index is 12.1. The normalized spacial score (nSPS) is 46.7. The fraction of sp³-hybridized carbons (Fsp3) is 0.816. The Morgan fingerprint density at radius 2 is 0.964 bits per heavy atom. The SMILES string of the molecule is C#CC#CCC(Cl)C(O)C(O)C(O)C(O)C(O)CC(O)C(O[C@H]1O[C@H](CO)[C@H](O)[C@H]1O)C(O)C[C@H]1O[C@@H]([C@H]2O[C@H]3CC[C@](C)([C@H]4O[C@H]5[C@@H](Cl)C[C@H]([C@H]6O[C@H]7[C@@H](O)C[C@H]([C@H]8CC[C@@H]9O[C@H]([C@@H]%10CC[C@H]%11O[C@H]%12C[C@H]%13O[C@H]%14CC[C@H](/C=C/C=C/CC(N)C/C=C/C=C/CC#CCCC#C/C=C/Cl)O[C@@H]%14C[C@@H]%13O[C@@H]%12C[C@H](O)[C@@H]%11O%10)[C@H](C)C[C@H]9O8)O[C@@H]7C[C@@H]6O)O[C@@H]5C[C@H]4O)O[C@@H]3[C@@H](O)[C@H]2O)[C@@H](O)[C@H](O)[C@@H]1O. The van der Waals surface area contributed by atoms with E-state index in [0.29, 0.717) is 64.2 Å². The van der Waals surface area contributed by atoms with E-state index >= 15 is 0 Å². The lowest BCUT2D eigenvalue weighted by Crippen LogP contribution is -2.71. The van der Waals surface area contributed by atoms with E-state index in [1.54, 1.807) is 13.0 Å². The van der Waals surface area contributed by atoms with E-state index in [1.807, 2.05) is 36.3 Å². The van der Waals surface area contributed by atoms with Crippen LogP contribution in [0.25, 0.3) is 0 Å². The molecule has 15 rings (SSSR count). The summed E-state index contributed by atoms with van der Waals surface area (Å²) < 4.78 is 105. The third-order valence-electron chi connectivity index (χ3n) is 30.4. The van der Waals surface area contributed by atoms with Gasteiger partial charge in [0.05, 0.1) is 188 Å². The Kier molecular flexibility index (Phi) is 38.3. The first-order chi connectivity index (χ1) is 65.7. The number of hydrogen-bond donors (Lipinski definition) is 20. The molecule has 15 fully saturated rings. The van der Waals surface area contributed by atoms with Crippen molar-refractivity contribution in [3.05, 3.63) is 60.2 Å². The van der Waals surface area contributed by atoms with Gasteiger partial charge in [-0.15, -0.1) is 35.5 Å². The smallest absolute Gasteiger partial charge is 0.187 e. The van der Waals surface area contributed by atoms with Crippen LogP contribution in [0.4, 0.5) is 0 Å². The fourth-order valence-corrected chi connectivity index (χ4v) is 23.7. The Morgan fingerprint density at radius 1 is 0.453 bits per heavy atom. The zero-order chi connectivity index (χ0) is 97.5. The van der Waals surface area contributed by atoms with Crippen LogP contribution >= 0.6 is 34.8 Å². The monoisotopic (exact) mass is 2000 g/mol. The summed E-state index contributed by atoms with van der Waals surface area (Å²) >= 11 is 18.8. The molecule has 768 valence electrons. The predicted molar refractivity (Wildman–Crippen MR) is 486 cm³/mol. The zero-order valence-corrected chi connectivity index (χ0v) is 79.1. The zero-order valence-electron chi connectivity index (χ0n) is 76.8. The summed E-state index contributed by atoms with van der Waals surface area (Å²) in [6, 6.07) is 0.00108. The number of fused-ring (bicyclic) bond motifs is 8. The molecule has 10 unspecified atom stereocenters. The number of halogens is 3. The molecular formula is C98H140Cl3NO35. The maximum Gasteiger partial charge on any atom is 0.187 e. The van der Waals surface area contributed by atoms with E-state index in [1.165, 1.54) is 5.54 Å². The predicted octanol–water partition coefficient (Wildman–Crippen LogP) is -1.12. The van der Waals surface area contributed by atoms with Crippen molar-refractivity contribution in [2.45, 2.75) is 484 Å². The van der Waals surface area contributed by atoms with Gasteiger partial charge in [0.15, 0.2) is 6.29 Å². The van der Waals surface area contributed by atoms with E-state index in [9.17, 15) is 97.0 Å². The third kappa shape index (κ3) is 25.3. The van der Waals surface area contributed by atoms with Crippen LogP contribution in [-0.4, -0.2) is 419 Å². The Labute approximate surface area is 813 Å². The molecule has 36 nitrogen and oxygen atoms in total. The van der Waals surface area contributed by atoms with Gasteiger partial charge in [0.25, 0.3) is 0 Å². The van der Waals surface area contributed by atoms with Crippen LogP contribution in [0.15, 0.2) is 60.2 Å². The molecule has 0 aliphatic carbocycles. The summed E-state index contributed by atoms with van der Waals surface area (Å²) in [6.45, 7) is 2.96. The van der Waals surface area contributed by atoms with Crippen molar-refractivity contribution < 1.29 is 173 Å². The number of hydrogen-bond acceptors (Lipinski definition) is 36. The van der Waals surface area contributed by atoms with Crippen molar-refractivity contribution in [2.24, 2.45) is 11.7 Å². The van der Waals surface area contributed by atoms with Crippen LogP contribution in [-0.2, 0) is 75.8 Å². The number of allylic oxidation sites excluding steroid dienone is 6. The van der Waals surface area contributed by atoms with Gasteiger partial charge in [0, 0.05) is 88.6 Å². The van der Waals surface area contributed by atoms with Crippen molar-refractivity contribution in [2.75, 3.05) is 6.61 Å². The summed E-state index contributed by atoms with van der Waals surface area (Å²) in [5.74, 6) is 18.8. The van der Waals surface area contributed by atoms with Crippen molar-refractivity contribution in [1.82, 2.24) is 0 Å². The first-order valence-electron chi connectivity index (χ1n) is 48.9. The minimum Gasteiger partial charge on any atom is -0.394 e. The van der Waals surface area contributed by atoms with E-state index < -0.39 is 250 Å². The molecule has 137 heavy (non-hydrogen) atoms. The van der Waals surface area contributed by atoms with Crippen LogP contribution in [0.1, 0.15) is 168 Å². The standard InChI is InChI=1S/C98H140Cl3NO35/c1-4-5-17-25-49(100)76(111)80(115)81(116)77(112)51(104)37-52(105)89(136-97-86(121)79(114)75(45-103)133-97)53(106)40-71-78(113)82(117)83(118)94(132-71)95-85(120)84(119)93-63(131-95)32-33-98(3,137-93)96-57(110)42-73-88(135-96)50(101)36-72(128-73)91-56(109)41-74-92(134-91)55(108)38-65(127-74)59-28-29-60-64(123-59)35-46(2)87(129-60)61-30-31-62-90(130-61)54(107)39-66-68(125-62)44-69-70(126-66)43-67-58(124-69)27-26-48(122-67)24-20-16-19-23-47(102)22-18-14-12-10-8-6-7-9-11-13-15-21-34-99/h1,10,12,14,16,18-21,24,34,46-97,103-121H,8-9,11,22-23,25-33,35-45,102H2,2-3H3/b12-10+,18-14+,19-16+,24-20+,34-21+/t46-,47?,48+,49?,50+,51?,52?,53?,54+,55+,56+,57-,58+,59-,60+,61+,62-,63+,64-,65-,66-,67-,68+,69-,70+,71-,72-,73-,74-,75-,76?,77?,78-,79+,80?,81?,82-,83+,84+,85-,86-,87+,88+,89?,90+,91+,92+,93+,94-,95+,96+,97-,98-/m1/s1. The molecule has 15 heterocycles. The molecule has 53 atom stereocenters. The number of aliphatic hydroxyl groups excluding tert-OH is 19. The minimum absolute atomic E-state index is 0.00108. The summed E-state index contributed by atoms with van der Waals surface area (Å²) in [4.78, 5) is 0. The summed E-state index contributed by atoms with van der Waals surface area (Å²) in [5.41, 5.74) is 6.39. The highest BCUT2D eigenvalue weighted by Gasteiger charge is 2.64. The van der Waals surface area contributed by atoms with Crippen LogP contribution in [0.2, 0.25) is 0 Å². The van der Waals surface area contributed by atoms with Crippen LogP contribution in [0.3, 0.4) is 0 Å². The highest BCUT2D eigenvalue weighted by Crippen LogP contribution is 2.51. The largest absolute Gasteiger partial charge is 0.394 e. The molecule has 39 heteroatoms. The molecule has 0 radical (unpaired) electrons. The summed E-state index contributed by atoms with van der Waals surface area (Å²) in [7, 11) is 0. The second-order valence-corrected chi connectivity index (χ2v) is 41.5. The molecule has 0 saturated carbocycles. The lowest BCUT2D eigenvalue weighted by atomic mass is 9.77. The van der Waals surface area contributed by atoms with Crippen molar-refractivity contribution >= 4 is 34.8 Å². The highest BCUT2D eigenvalue weighted by atomic mass is 35.5. The first-order valence-corrected chi connectivity index (χ1v) is 50.2. The number of nitrogens with two attached hydrogens (primary N) is 1. The molecule has 15 saturated heterocycles. The Hall–Kier alpha value is -3.63. The molecular weight excluding hydrogens is 1860 g/mol. The lowest BCUT2D eigenvalue weighted by Gasteiger charge is -2.57. The van der Waals surface area contributed by atoms with Gasteiger partial charge < -0.3 is 179 Å². The molecule has 0 amide bonds. The number of aliphatic hydroxyl groups is 19. The first kappa shape index (κ1) is 108. The Bertz CT molecular complexity index is 4260. The van der Waals surface area contributed by atoms with Gasteiger partial charge in [0.1, 0.15) is 122 Å². The van der Waals surface area contributed by atoms with Gasteiger partial charge >= 0.3 is 0 Å². The molecule has 15 aliphatic rings. The molecule has 0 aromatic carbocycles.